The Hall–Kier alpha value is -0.770. The molecule has 3 N–H and O–H groups in total. The zero-order valence-electron chi connectivity index (χ0n) is 11.7. The average Bonchev–Trinajstić information content (AvgIpc) is 2.25. The summed E-state index contributed by atoms with van der Waals surface area (Å²) in [5.74, 6) is 0.839. The van der Waals surface area contributed by atoms with E-state index >= 15 is 0 Å². The molecule has 1 aromatic carbocycles. The molecule has 0 unspecified atom stereocenters. The highest BCUT2D eigenvalue weighted by Gasteiger charge is 2.29. The zero-order chi connectivity index (χ0) is 13.2. The molecular weight excluding hydrogens is 250 g/mol. The number of aryl methyl sites for hydroxylation is 1. The van der Waals surface area contributed by atoms with Crippen molar-refractivity contribution in [3.63, 3.8) is 0 Å². The van der Waals surface area contributed by atoms with Gasteiger partial charge in [-0.05, 0) is 29.5 Å². The third-order valence-electron chi connectivity index (χ3n) is 3.03. The third-order valence-corrected chi connectivity index (χ3v) is 3.03. The van der Waals surface area contributed by atoms with Crippen LogP contribution in [0.4, 0.5) is 0 Å². The molecule has 0 aliphatic carbocycles. The van der Waals surface area contributed by atoms with E-state index in [1.165, 1.54) is 0 Å². The van der Waals surface area contributed by atoms with Gasteiger partial charge in [0, 0.05) is 0 Å². The van der Waals surface area contributed by atoms with Crippen LogP contribution in [-0.4, -0.2) is 18.3 Å². The van der Waals surface area contributed by atoms with Gasteiger partial charge in [-0.15, -0.1) is 12.4 Å². The van der Waals surface area contributed by atoms with E-state index in [0.29, 0.717) is 0 Å². The molecule has 0 heterocycles. The number of hydrogen-bond donors (Lipinski definition) is 2. The third kappa shape index (κ3) is 3.87. The molecule has 2 atom stereocenters. The fraction of sp³-hybridized carbons (Fsp3) is 0.571. The standard InChI is InChI=1S/C14H23NO2.ClH/c1-9-8-10(6-7-11(9)17-5)12(15)13(16)14(2,3)4;/h6-8,12-13,16H,15H2,1-5H3;1H/t12-,13-;/m0./s1. The number of nitrogens with two attached hydrogens (primary N) is 1. The monoisotopic (exact) mass is 273 g/mol. The van der Waals surface area contributed by atoms with Crippen molar-refractivity contribution in [2.24, 2.45) is 11.1 Å². The molecule has 0 aliphatic rings. The first-order valence-corrected chi connectivity index (χ1v) is 5.85. The lowest BCUT2D eigenvalue weighted by atomic mass is 9.82. The van der Waals surface area contributed by atoms with E-state index < -0.39 is 6.10 Å². The first-order valence-electron chi connectivity index (χ1n) is 5.85. The van der Waals surface area contributed by atoms with E-state index in [1.54, 1.807) is 7.11 Å². The maximum Gasteiger partial charge on any atom is 0.121 e. The van der Waals surface area contributed by atoms with Crippen molar-refractivity contribution in [3.8, 4) is 5.75 Å². The molecule has 104 valence electrons. The molecule has 18 heavy (non-hydrogen) atoms. The van der Waals surface area contributed by atoms with E-state index in [1.807, 2.05) is 45.9 Å². The first kappa shape index (κ1) is 17.2. The number of hydrogen-bond acceptors (Lipinski definition) is 3. The normalized spacial score (nSPS) is 14.6. The Labute approximate surface area is 116 Å². The number of aliphatic hydroxyl groups excluding tert-OH is 1. The summed E-state index contributed by atoms with van der Waals surface area (Å²) < 4.78 is 5.20. The summed E-state index contributed by atoms with van der Waals surface area (Å²) in [5, 5.41) is 10.2. The lowest BCUT2D eigenvalue weighted by Crippen LogP contribution is -2.36. The highest BCUT2D eigenvalue weighted by molar-refractivity contribution is 5.85. The number of rotatable bonds is 3. The van der Waals surface area contributed by atoms with Crippen molar-refractivity contribution < 1.29 is 9.84 Å². The summed E-state index contributed by atoms with van der Waals surface area (Å²) >= 11 is 0. The van der Waals surface area contributed by atoms with E-state index in [2.05, 4.69) is 0 Å². The Bertz CT molecular complexity index is 388. The van der Waals surface area contributed by atoms with Gasteiger partial charge in [0.1, 0.15) is 5.75 Å². The number of aliphatic hydroxyl groups is 1. The summed E-state index contributed by atoms with van der Waals surface area (Å²) in [7, 11) is 1.64. The van der Waals surface area contributed by atoms with Crippen LogP contribution in [0.5, 0.6) is 5.75 Å². The lowest BCUT2D eigenvalue weighted by Gasteiger charge is -2.31. The summed E-state index contributed by atoms with van der Waals surface area (Å²) in [4.78, 5) is 0. The quantitative estimate of drug-likeness (QED) is 0.890. The van der Waals surface area contributed by atoms with Gasteiger partial charge in [-0.25, -0.2) is 0 Å². The van der Waals surface area contributed by atoms with Crippen molar-refractivity contribution >= 4 is 12.4 Å². The van der Waals surface area contributed by atoms with E-state index in [-0.39, 0.29) is 23.9 Å². The average molecular weight is 274 g/mol. The maximum atomic E-state index is 10.2. The summed E-state index contributed by atoms with van der Waals surface area (Å²) in [6.07, 6.45) is -0.574. The Morgan fingerprint density at radius 3 is 2.22 bits per heavy atom. The molecule has 1 aromatic rings. The topological polar surface area (TPSA) is 55.5 Å². The highest BCUT2D eigenvalue weighted by Crippen LogP contribution is 2.30. The molecule has 0 bridgehead atoms. The Morgan fingerprint density at radius 2 is 1.83 bits per heavy atom. The molecule has 0 radical (unpaired) electrons. The SMILES string of the molecule is COc1ccc([C@H](N)[C@H](O)C(C)(C)C)cc1C.Cl. The van der Waals surface area contributed by atoms with Gasteiger partial charge in [0.15, 0.2) is 0 Å². The van der Waals surface area contributed by atoms with Crippen LogP contribution in [0, 0.1) is 12.3 Å². The zero-order valence-corrected chi connectivity index (χ0v) is 12.5. The minimum atomic E-state index is -0.574. The predicted octanol–water partition coefficient (Wildman–Crippen LogP) is 2.83. The van der Waals surface area contributed by atoms with Crippen LogP contribution in [0.3, 0.4) is 0 Å². The van der Waals surface area contributed by atoms with Crippen LogP contribution in [0.15, 0.2) is 18.2 Å². The fourth-order valence-corrected chi connectivity index (χ4v) is 1.83. The summed E-state index contributed by atoms with van der Waals surface area (Å²) in [6, 6.07) is 5.39. The summed E-state index contributed by atoms with van der Waals surface area (Å²) in [5.41, 5.74) is 7.83. The van der Waals surface area contributed by atoms with Crippen LogP contribution in [-0.2, 0) is 0 Å². The number of halogens is 1. The second-order valence-electron chi connectivity index (χ2n) is 5.57. The molecule has 0 amide bonds. The highest BCUT2D eigenvalue weighted by atomic mass is 35.5. The maximum absolute atomic E-state index is 10.2. The van der Waals surface area contributed by atoms with Crippen LogP contribution in [0.25, 0.3) is 0 Å². The van der Waals surface area contributed by atoms with Gasteiger partial charge in [0.25, 0.3) is 0 Å². The fourth-order valence-electron chi connectivity index (χ4n) is 1.83. The molecule has 1 rings (SSSR count). The van der Waals surface area contributed by atoms with Crippen molar-refractivity contribution in [1.29, 1.82) is 0 Å². The predicted molar refractivity (Wildman–Crippen MR) is 77.4 cm³/mol. The van der Waals surface area contributed by atoms with Gasteiger partial charge in [-0.3, -0.25) is 0 Å². The van der Waals surface area contributed by atoms with Crippen LogP contribution in [0.2, 0.25) is 0 Å². The van der Waals surface area contributed by atoms with Gasteiger partial charge in [-0.2, -0.15) is 0 Å². The lowest BCUT2D eigenvalue weighted by molar-refractivity contribution is 0.0401. The van der Waals surface area contributed by atoms with Crippen LogP contribution < -0.4 is 10.5 Å². The molecule has 0 spiro atoms. The van der Waals surface area contributed by atoms with Crippen molar-refractivity contribution in [2.75, 3.05) is 7.11 Å². The van der Waals surface area contributed by atoms with Gasteiger partial charge in [0.05, 0.1) is 19.3 Å². The van der Waals surface area contributed by atoms with Crippen LogP contribution >= 0.6 is 12.4 Å². The Balaban J connectivity index is 0.00000289. The Morgan fingerprint density at radius 1 is 1.28 bits per heavy atom. The number of methoxy groups -OCH3 is 1. The smallest absolute Gasteiger partial charge is 0.121 e. The molecule has 0 saturated carbocycles. The van der Waals surface area contributed by atoms with Gasteiger partial charge in [-0.1, -0.05) is 32.9 Å². The Kier molecular flexibility index (Phi) is 6.14. The van der Waals surface area contributed by atoms with Gasteiger partial charge >= 0.3 is 0 Å². The minimum absolute atomic E-state index is 0. The van der Waals surface area contributed by atoms with Crippen molar-refractivity contribution in [1.82, 2.24) is 0 Å². The van der Waals surface area contributed by atoms with Crippen molar-refractivity contribution in [2.45, 2.75) is 39.8 Å². The van der Waals surface area contributed by atoms with E-state index in [4.69, 9.17) is 10.5 Å². The first-order chi connectivity index (χ1) is 7.77. The largest absolute Gasteiger partial charge is 0.496 e. The van der Waals surface area contributed by atoms with Gasteiger partial charge < -0.3 is 15.6 Å². The number of ether oxygens (including phenoxy) is 1. The second kappa shape index (κ2) is 6.41. The summed E-state index contributed by atoms with van der Waals surface area (Å²) in [6.45, 7) is 7.91. The van der Waals surface area contributed by atoms with E-state index in [0.717, 1.165) is 16.9 Å². The second-order valence-corrected chi connectivity index (χ2v) is 5.57. The van der Waals surface area contributed by atoms with Crippen LogP contribution in [0.1, 0.15) is 37.9 Å². The van der Waals surface area contributed by atoms with Gasteiger partial charge in [0.2, 0.25) is 0 Å². The molecule has 0 saturated heterocycles. The minimum Gasteiger partial charge on any atom is -0.496 e. The molecule has 3 nitrogen and oxygen atoms in total. The molecular formula is C14H24ClNO2. The molecule has 0 aliphatic heterocycles. The van der Waals surface area contributed by atoms with E-state index in [9.17, 15) is 5.11 Å². The molecule has 0 fully saturated rings. The molecule has 4 heteroatoms. The number of benzene rings is 1. The van der Waals surface area contributed by atoms with Crippen molar-refractivity contribution in [3.05, 3.63) is 29.3 Å². The molecule has 0 aromatic heterocycles.